The Kier molecular flexibility index (Phi) is 7.32. The quantitative estimate of drug-likeness (QED) is 0.403. The van der Waals surface area contributed by atoms with Crippen LogP contribution >= 0.6 is 0 Å². The highest BCUT2D eigenvalue weighted by atomic mass is 32.3. The van der Waals surface area contributed by atoms with Crippen molar-refractivity contribution in [1.82, 2.24) is 0 Å². The zero-order valence-corrected chi connectivity index (χ0v) is 23.0. The lowest BCUT2D eigenvalue weighted by molar-refractivity contribution is 0.385. The summed E-state index contributed by atoms with van der Waals surface area (Å²) >= 11 is 0. The van der Waals surface area contributed by atoms with Gasteiger partial charge in [-0.1, -0.05) is 60.7 Å². The molecule has 0 spiro atoms. The Hall–Kier alpha value is -1.49. The maximum Gasteiger partial charge on any atom is 0.403 e. The first-order valence-corrected chi connectivity index (χ1v) is 20.2. The van der Waals surface area contributed by atoms with Crippen LogP contribution in [0.1, 0.15) is 0 Å². The van der Waals surface area contributed by atoms with Crippen LogP contribution in [0.4, 0.5) is 0 Å². The molecule has 1 heterocycles. The Bertz CT molecular complexity index is 1290. The van der Waals surface area contributed by atoms with Crippen LogP contribution in [0.2, 0.25) is 13.1 Å². The first-order chi connectivity index (χ1) is 15.5. The molecule has 2 aromatic rings. The summed E-state index contributed by atoms with van der Waals surface area (Å²) in [5.41, 5.74) is 0. The third-order valence-electron chi connectivity index (χ3n) is 4.32. The molecule has 0 N–H and O–H groups in total. The SMILES string of the molecule is C[Si]1(c2ccccc2)OS(=O)(=O)CS(=O)(=O)O[Si](C)(c2ccccc2)OS(=O)(=O)CS(=O)(=O)O1. The second kappa shape index (κ2) is 9.19. The van der Waals surface area contributed by atoms with E-state index < -0.39 is 67.8 Å². The number of benzene rings is 2. The first-order valence-electron chi connectivity index (χ1n) is 9.29. The average Bonchev–Trinajstić information content (AvgIpc) is 2.64. The zero-order valence-electron chi connectivity index (χ0n) is 17.7. The Labute approximate surface area is 200 Å². The van der Waals surface area contributed by atoms with Gasteiger partial charge in [-0.2, -0.15) is 33.7 Å². The fourth-order valence-electron chi connectivity index (χ4n) is 3.12. The monoisotopic (exact) mass is 588 g/mol. The molecule has 0 amide bonds. The molecular weight excluding hydrogens is 569 g/mol. The van der Waals surface area contributed by atoms with E-state index in [1.807, 2.05) is 0 Å². The lowest BCUT2D eigenvalue weighted by Gasteiger charge is -2.29. The van der Waals surface area contributed by atoms with Crippen molar-refractivity contribution in [3.63, 3.8) is 0 Å². The lowest BCUT2D eigenvalue weighted by atomic mass is 10.4. The Balaban J connectivity index is 2.18. The van der Waals surface area contributed by atoms with Crippen LogP contribution in [-0.4, -0.2) is 61.0 Å². The highest BCUT2D eigenvalue weighted by Gasteiger charge is 2.51. The van der Waals surface area contributed by atoms with Crippen LogP contribution in [0.5, 0.6) is 0 Å². The van der Waals surface area contributed by atoms with Crippen LogP contribution in [0.25, 0.3) is 0 Å². The molecule has 0 aromatic heterocycles. The highest BCUT2D eigenvalue weighted by Crippen LogP contribution is 2.23. The molecular formula is C16H20O12S4Si2. The standard InChI is InChI=1S/C16H20O12S4Si2/c1-33(15-9-5-3-6-10-15)25-29(17,18)13-31(21,22)27-34(2,16-11-7-4-8-12-16)28-32(23,24)14-30(19,20)26-33/h3-12H,13-14H2,1-2H3. The Morgan fingerprint density at radius 3 is 0.971 bits per heavy atom. The summed E-state index contributed by atoms with van der Waals surface area (Å²) in [7, 11) is -29.0. The van der Waals surface area contributed by atoms with Crippen LogP contribution in [0.3, 0.4) is 0 Å². The fraction of sp³-hybridized carbons (Fsp3) is 0.250. The molecule has 18 heteroatoms. The van der Waals surface area contributed by atoms with E-state index in [1.54, 1.807) is 12.1 Å². The number of hydrogen-bond acceptors (Lipinski definition) is 12. The number of hydrogen-bond donors (Lipinski definition) is 0. The molecule has 0 atom stereocenters. The topological polar surface area (TPSA) is 173 Å². The molecule has 3 rings (SSSR count). The van der Waals surface area contributed by atoms with Gasteiger partial charge in [0.1, 0.15) is 0 Å². The van der Waals surface area contributed by atoms with Gasteiger partial charge in [0, 0.05) is 0 Å². The molecule has 1 fully saturated rings. The molecule has 1 aliphatic rings. The van der Waals surface area contributed by atoms with Gasteiger partial charge < -0.3 is 0 Å². The minimum absolute atomic E-state index is 0.0145. The third-order valence-corrected chi connectivity index (χ3v) is 20.9. The van der Waals surface area contributed by atoms with Crippen LogP contribution in [0, 0.1) is 0 Å². The van der Waals surface area contributed by atoms with Crippen molar-refractivity contribution < 1.29 is 49.2 Å². The first kappa shape index (κ1) is 27.1. The predicted molar refractivity (Wildman–Crippen MR) is 125 cm³/mol. The maximum absolute atomic E-state index is 12.7. The van der Waals surface area contributed by atoms with Gasteiger partial charge in [-0.15, -0.1) is 0 Å². The molecule has 34 heavy (non-hydrogen) atoms. The molecule has 1 saturated heterocycles. The summed E-state index contributed by atoms with van der Waals surface area (Å²) in [6.07, 6.45) is 0. The van der Waals surface area contributed by atoms with Gasteiger partial charge in [-0.25, -0.2) is 0 Å². The molecule has 12 nitrogen and oxygen atoms in total. The lowest BCUT2D eigenvalue weighted by Crippen LogP contribution is -2.57. The van der Waals surface area contributed by atoms with E-state index in [2.05, 4.69) is 0 Å². The second-order valence-electron chi connectivity index (χ2n) is 7.42. The van der Waals surface area contributed by atoms with Crippen molar-refractivity contribution in [2.24, 2.45) is 0 Å². The van der Waals surface area contributed by atoms with Crippen molar-refractivity contribution in [1.29, 1.82) is 0 Å². The summed E-state index contributed by atoms with van der Waals surface area (Å²) in [6, 6.07) is 14.1. The summed E-state index contributed by atoms with van der Waals surface area (Å²) in [5.74, 6) is 0. The Morgan fingerprint density at radius 2 is 0.735 bits per heavy atom. The highest BCUT2D eigenvalue weighted by molar-refractivity contribution is 8.06. The molecule has 0 bridgehead atoms. The van der Waals surface area contributed by atoms with E-state index in [4.69, 9.17) is 15.5 Å². The normalized spacial score (nSPS) is 30.9. The fourth-order valence-corrected chi connectivity index (χ4v) is 20.1. The van der Waals surface area contributed by atoms with Crippen LogP contribution < -0.4 is 10.4 Å². The van der Waals surface area contributed by atoms with Crippen LogP contribution in [-0.2, 0) is 56.0 Å². The minimum Gasteiger partial charge on any atom is -0.278 e. The van der Waals surface area contributed by atoms with Gasteiger partial charge >= 0.3 is 17.1 Å². The predicted octanol–water partition coefficient (Wildman–Crippen LogP) is -0.741. The van der Waals surface area contributed by atoms with E-state index >= 15 is 0 Å². The van der Waals surface area contributed by atoms with Gasteiger partial charge in [-0.05, 0) is 23.5 Å². The molecule has 0 unspecified atom stereocenters. The van der Waals surface area contributed by atoms with Crippen LogP contribution in [0.15, 0.2) is 60.7 Å². The molecule has 0 saturated carbocycles. The van der Waals surface area contributed by atoms with Gasteiger partial charge in [0.2, 0.25) is 10.2 Å². The smallest absolute Gasteiger partial charge is 0.278 e. The zero-order chi connectivity index (χ0) is 25.5. The van der Waals surface area contributed by atoms with Crippen molar-refractivity contribution in [3.05, 3.63) is 60.7 Å². The van der Waals surface area contributed by atoms with Crippen molar-refractivity contribution in [3.8, 4) is 0 Å². The minimum atomic E-state index is -5.01. The molecule has 1 aliphatic heterocycles. The number of rotatable bonds is 2. The van der Waals surface area contributed by atoms with Gasteiger partial charge in [0.25, 0.3) is 40.5 Å². The summed E-state index contributed by atoms with van der Waals surface area (Å²) in [6.45, 7) is 2.04. The van der Waals surface area contributed by atoms with E-state index in [9.17, 15) is 33.7 Å². The maximum atomic E-state index is 12.7. The Morgan fingerprint density at radius 1 is 0.500 bits per heavy atom. The molecule has 188 valence electrons. The van der Waals surface area contributed by atoms with E-state index in [0.29, 0.717) is 0 Å². The van der Waals surface area contributed by atoms with Gasteiger partial charge in [0.05, 0.1) is 0 Å². The summed E-state index contributed by atoms with van der Waals surface area (Å²) in [4.78, 5) is 0. The van der Waals surface area contributed by atoms with Crippen molar-refractivity contribution in [2.45, 2.75) is 13.1 Å². The largest absolute Gasteiger partial charge is 0.403 e. The summed E-state index contributed by atoms with van der Waals surface area (Å²) < 4.78 is 122. The molecule has 0 radical (unpaired) electrons. The third kappa shape index (κ3) is 6.80. The van der Waals surface area contributed by atoms with Crippen molar-refractivity contribution >= 4 is 68.0 Å². The van der Waals surface area contributed by atoms with Gasteiger partial charge in [-0.3, -0.25) is 15.5 Å². The van der Waals surface area contributed by atoms with E-state index in [1.165, 1.54) is 48.5 Å². The average molecular weight is 589 g/mol. The van der Waals surface area contributed by atoms with Crippen molar-refractivity contribution in [2.75, 3.05) is 10.2 Å². The molecule has 2 aromatic carbocycles. The van der Waals surface area contributed by atoms with Gasteiger partial charge in [0.15, 0.2) is 0 Å². The van der Waals surface area contributed by atoms with E-state index in [-0.39, 0.29) is 10.4 Å². The van der Waals surface area contributed by atoms with E-state index in [0.717, 1.165) is 13.1 Å². The molecule has 0 aliphatic carbocycles. The second-order valence-corrected chi connectivity index (χ2v) is 21.4. The summed E-state index contributed by atoms with van der Waals surface area (Å²) in [5, 5.41) is -3.51.